The molecular formula is C13H24N4O. The summed E-state index contributed by atoms with van der Waals surface area (Å²) in [5.74, 6) is 1.59. The second-order valence-corrected chi connectivity index (χ2v) is 5.60. The van der Waals surface area contributed by atoms with Gasteiger partial charge < -0.3 is 10.1 Å². The molecule has 0 aromatic carbocycles. The van der Waals surface area contributed by atoms with E-state index in [4.69, 9.17) is 4.74 Å². The fraction of sp³-hybridized carbons (Fsp3) is 0.846. The van der Waals surface area contributed by atoms with Crippen LogP contribution < -0.4 is 5.32 Å². The molecular weight excluding hydrogens is 228 g/mol. The Hall–Kier alpha value is -0.940. The van der Waals surface area contributed by atoms with E-state index in [2.05, 4.69) is 29.2 Å². The van der Waals surface area contributed by atoms with Gasteiger partial charge in [-0.3, -0.25) is 0 Å². The van der Waals surface area contributed by atoms with Gasteiger partial charge >= 0.3 is 0 Å². The van der Waals surface area contributed by atoms with Gasteiger partial charge in [0.15, 0.2) is 0 Å². The van der Waals surface area contributed by atoms with Crippen LogP contribution in [0.4, 0.5) is 0 Å². The zero-order valence-corrected chi connectivity index (χ0v) is 11.6. The van der Waals surface area contributed by atoms with Crippen molar-refractivity contribution < 1.29 is 4.74 Å². The van der Waals surface area contributed by atoms with Gasteiger partial charge in [-0.2, -0.15) is 5.10 Å². The second-order valence-electron chi connectivity index (χ2n) is 5.60. The van der Waals surface area contributed by atoms with E-state index in [1.165, 1.54) is 6.42 Å². The first-order chi connectivity index (χ1) is 8.65. The lowest BCUT2D eigenvalue weighted by atomic mass is 9.80. The Balaban J connectivity index is 1.81. The van der Waals surface area contributed by atoms with Crippen molar-refractivity contribution in [3.05, 3.63) is 12.2 Å². The topological polar surface area (TPSA) is 52.0 Å². The summed E-state index contributed by atoms with van der Waals surface area (Å²) in [5, 5.41) is 7.71. The van der Waals surface area contributed by atoms with Gasteiger partial charge in [0.2, 0.25) is 0 Å². The third-order valence-corrected chi connectivity index (χ3v) is 3.66. The van der Waals surface area contributed by atoms with Gasteiger partial charge in [-0.15, -0.1) is 0 Å². The van der Waals surface area contributed by atoms with Crippen LogP contribution >= 0.6 is 0 Å². The highest BCUT2D eigenvalue weighted by molar-refractivity contribution is 4.93. The zero-order valence-electron chi connectivity index (χ0n) is 11.6. The maximum absolute atomic E-state index is 5.58. The molecule has 1 saturated carbocycles. The standard InChI is InChI=1S/C13H24N4O/c1-11(2)8-17-12(15-10-16-17)7-14-9-13(18-3)5-4-6-13/h10-11,14H,4-9H2,1-3H3. The summed E-state index contributed by atoms with van der Waals surface area (Å²) in [6.07, 6.45) is 5.23. The molecule has 1 aliphatic rings. The van der Waals surface area contributed by atoms with Crippen LogP contribution in [0.5, 0.6) is 0 Å². The largest absolute Gasteiger partial charge is 0.377 e. The molecule has 0 bridgehead atoms. The predicted molar refractivity (Wildman–Crippen MR) is 70.2 cm³/mol. The fourth-order valence-corrected chi connectivity index (χ4v) is 2.35. The van der Waals surface area contributed by atoms with Crippen molar-refractivity contribution in [1.82, 2.24) is 20.1 Å². The van der Waals surface area contributed by atoms with Crippen molar-refractivity contribution >= 4 is 0 Å². The lowest BCUT2D eigenvalue weighted by Gasteiger charge is -2.40. The van der Waals surface area contributed by atoms with Crippen LogP contribution in [0.15, 0.2) is 6.33 Å². The van der Waals surface area contributed by atoms with Crippen molar-refractivity contribution in [3.63, 3.8) is 0 Å². The fourth-order valence-electron chi connectivity index (χ4n) is 2.35. The van der Waals surface area contributed by atoms with Crippen molar-refractivity contribution in [1.29, 1.82) is 0 Å². The van der Waals surface area contributed by atoms with Crippen LogP contribution in [-0.4, -0.2) is 34.0 Å². The van der Waals surface area contributed by atoms with Gasteiger partial charge in [0, 0.05) is 20.2 Å². The van der Waals surface area contributed by atoms with E-state index in [-0.39, 0.29) is 5.60 Å². The van der Waals surface area contributed by atoms with Crippen molar-refractivity contribution in [2.75, 3.05) is 13.7 Å². The van der Waals surface area contributed by atoms with Gasteiger partial charge in [0.25, 0.3) is 0 Å². The van der Waals surface area contributed by atoms with Crippen LogP contribution in [0.2, 0.25) is 0 Å². The number of aromatic nitrogens is 3. The Morgan fingerprint density at radius 1 is 1.50 bits per heavy atom. The first-order valence-electron chi connectivity index (χ1n) is 6.78. The van der Waals surface area contributed by atoms with E-state index >= 15 is 0 Å². The monoisotopic (exact) mass is 252 g/mol. The van der Waals surface area contributed by atoms with Gasteiger partial charge in [0.1, 0.15) is 12.2 Å². The lowest BCUT2D eigenvalue weighted by molar-refractivity contribution is -0.0696. The third kappa shape index (κ3) is 3.09. The lowest BCUT2D eigenvalue weighted by Crippen LogP contribution is -2.47. The molecule has 1 aromatic rings. The Morgan fingerprint density at radius 3 is 2.83 bits per heavy atom. The molecule has 1 aliphatic carbocycles. The zero-order chi connectivity index (χ0) is 13.0. The van der Waals surface area contributed by atoms with E-state index in [1.54, 1.807) is 6.33 Å². The molecule has 0 spiro atoms. The van der Waals surface area contributed by atoms with Gasteiger partial charge in [-0.1, -0.05) is 13.8 Å². The van der Waals surface area contributed by atoms with Crippen molar-refractivity contribution in [3.8, 4) is 0 Å². The molecule has 0 aliphatic heterocycles. The molecule has 2 rings (SSSR count). The van der Waals surface area contributed by atoms with Crippen molar-refractivity contribution in [2.24, 2.45) is 5.92 Å². The molecule has 5 nitrogen and oxygen atoms in total. The number of hydrogen-bond donors (Lipinski definition) is 1. The number of ether oxygens (including phenoxy) is 1. The number of nitrogens with zero attached hydrogens (tertiary/aromatic N) is 3. The van der Waals surface area contributed by atoms with E-state index in [0.717, 1.165) is 38.3 Å². The number of methoxy groups -OCH3 is 1. The molecule has 1 heterocycles. The van der Waals surface area contributed by atoms with E-state index in [9.17, 15) is 0 Å². The van der Waals surface area contributed by atoms with Crippen LogP contribution in [0.1, 0.15) is 38.9 Å². The minimum Gasteiger partial charge on any atom is -0.377 e. The maximum atomic E-state index is 5.58. The molecule has 0 saturated heterocycles. The molecule has 102 valence electrons. The first-order valence-corrected chi connectivity index (χ1v) is 6.78. The average molecular weight is 252 g/mol. The molecule has 1 N–H and O–H groups in total. The molecule has 0 amide bonds. The maximum Gasteiger partial charge on any atom is 0.140 e. The van der Waals surface area contributed by atoms with Crippen molar-refractivity contribution in [2.45, 2.75) is 51.8 Å². The number of rotatable bonds is 7. The van der Waals surface area contributed by atoms with Crippen LogP contribution in [0.25, 0.3) is 0 Å². The highest BCUT2D eigenvalue weighted by Gasteiger charge is 2.36. The molecule has 1 fully saturated rings. The molecule has 1 aromatic heterocycles. The quantitative estimate of drug-likeness (QED) is 0.800. The van der Waals surface area contributed by atoms with Crippen LogP contribution in [0, 0.1) is 5.92 Å². The summed E-state index contributed by atoms with van der Waals surface area (Å²) in [4.78, 5) is 4.31. The van der Waals surface area contributed by atoms with Gasteiger partial charge in [0.05, 0.1) is 12.1 Å². The van der Waals surface area contributed by atoms with Gasteiger partial charge in [-0.05, 0) is 25.2 Å². The van der Waals surface area contributed by atoms with E-state index in [1.807, 2.05) is 11.8 Å². The molecule has 0 radical (unpaired) electrons. The average Bonchev–Trinajstić information content (AvgIpc) is 2.69. The summed E-state index contributed by atoms with van der Waals surface area (Å²) in [5.41, 5.74) is 0.0723. The summed E-state index contributed by atoms with van der Waals surface area (Å²) in [7, 11) is 1.81. The minimum atomic E-state index is 0.0723. The molecule has 0 atom stereocenters. The predicted octanol–water partition coefficient (Wildman–Crippen LogP) is 1.59. The molecule has 18 heavy (non-hydrogen) atoms. The SMILES string of the molecule is COC1(CNCc2ncnn2CC(C)C)CCC1. The number of nitrogens with one attached hydrogen (secondary N) is 1. The molecule has 5 heteroatoms. The van der Waals surface area contributed by atoms with Gasteiger partial charge in [-0.25, -0.2) is 9.67 Å². The highest BCUT2D eigenvalue weighted by atomic mass is 16.5. The van der Waals surface area contributed by atoms with Crippen LogP contribution in [0.3, 0.4) is 0 Å². The Labute approximate surface area is 109 Å². The second kappa shape index (κ2) is 5.80. The third-order valence-electron chi connectivity index (χ3n) is 3.66. The smallest absolute Gasteiger partial charge is 0.140 e. The number of hydrogen-bond acceptors (Lipinski definition) is 4. The highest BCUT2D eigenvalue weighted by Crippen LogP contribution is 2.34. The Kier molecular flexibility index (Phi) is 4.35. The summed E-state index contributed by atoms with van der Waals surface area (Å²) < 4.78 is 7.57. The summed E-state index contributed by atoms with van der Waals surface area (Å²) in [6.45, 7) is 6.96. The van der Waals surface area contributed by atoms with Crippen LogP contribution in [-0.2, 0) is 17.8 Å². The minimum absolute atomic E-state index is 0.0723. The Morgan fingerprint density at radius 2 is 2.28 bits per heavy atom. The normalized spacial score (nSPS) is 18.0. The summed E-state index contributed by atoms with van der Waals surface area (Å²) >= 11 is 0. The molecule has 0 unspecified atom stereocenters. The Bertz CT molecular complexity index is 365. The van der Waals surface area contributed by atoms with E-state index < -0.39 is 0 Å². The summed E-state index contributed by atoms with van der Waals surface area (Å²) in [6, 6.07) is 0. The first kappa shape index (κ1) is 13.5. The van der Waals surface area contributed by atoms with E-state index in [0.29, 0.717) is 5.92 Å².